The average Bonchev–Trinajstić information content (AvgIpc) is 2.23. The van der Waals surface area contributed by atoms with Crippen LogP contribution >= 0.6 is 0 Å². The van der Waals surface area contributed by atoms with Crippen LogP contribution < -0.4 is 0 Å². The second kappa shape index (κ2) is 5.25. The SMILES string of the molecule is CCOC(=O)C=Cc1cc(F)c(O)c(F)c1. The van der Waals surface area contributed by atoms with E-state index in [1.165, 1.54) is 6.08 Å². The molecule has 1 aromatic rings. The van der Waals surface area contributed by atoms with Gasteiger partial charge in [-0.05, 0) is 30.7 Å². The molecule has 0 saturated carbocycles. The summed E-state index contributed by atoms with van der Waals surface area (Å²) < 4.78 is 30.3. The third kappa shape index (κ3) is 3.05. The van der Waals surface area contributed by atoms with Crippen LogP contribution in [0.4, 0.5) is 8.78 Å². The van der Waals surface area contributed by atoms with Crippen LogP contribution in [0.15, 0.2) is 18.2 Å². The van der Waals surface area contributed by atoms with Gasteiger partial charge in [0.25, 0.3) is 0 Å². The molecule has 0 amide bonds. The number of carbonyl (C=O) groups is 1. The molecule has 0 unspecified atom stereocenters. The smallest absolute Gasteiger partial charge is 0.330 e. The lowest BCUT2D eigenvalue weighted by Gasteiger charge is -1.99. The largest absolute Gasteiger partial charge is 0.503 e. The fourth-order valence-electron chi connectivity index (χ4n) is 1.04. The molecule has 1 rings (SSSR count). The van der Waals surface area contributed by atoms with Gasteiger partial charge in [-0.25, -0.2) is 13.6 Å². The van der Waals surface area contributed by atoms with Crippen LogP contribution in [0.25, 0.3) is 6.08 Å². The van der Waals surface area contributed by atoms with E-state index in [0.717, 1.165) is 18.2 Å². The number of halogens is 2. The molecule has 1 N–H and O–H groups in total. The Bertz CT molecular complexity index is 404. The monoisotopic (exact) mass is 228 g/mol. The first kappa shape index (κ1) is 12.2. The van der Waals surface area contributed by atoms with Crippen molar-refractivity contribution in [3.8, 4) is 5.75 Å². The van der Waals surface area contributed by atoms with E-state index in [1.807, 2.05) is 0 Å². The third-order valence-electron chi connectivity index (χ3n) is 1.74. The predicted octanol–water partition coefficient (Wildman–Crippen LogP) is 2.25. The number of ether oxygens (including phenoxy) is 1. The van der Waals surface area contributed by atoms with Gasteiger partial charge < -0.3 is 9.84 Å². The van der Waals surface area contributed by atoms with Gasteiger partial charge in [-0.3, -0.25) is 0 Å². The summed E-state index contributed by atoms with van der Waals surface area (Å²) >= 11 is 0. The van der Waals surface area contributed by atoms with Crippen LogP contribution in [0.1, 0.15) is 12.5 Å². The van der Waals surface area contributed by atoms with E-state index < -0.39 is 23.4 Å². The molecule has 0 saturated heterocycles. The number of carbonyl (C=O) groups excluding carboxylic acids is 1. The van der Waals surface area contributed by atoms with Crippen LogP contribution in [0, 0.1) is 11.6 Å². The van der Waals surface area contributed by atoms with Crippen LogP contribution in [-0.2, 0) is 9.53 Å². The molecule has 16 heavy (non-hydrogen) atoms. The lowest BCUT2D eigenvalue weighted by Crippen LogP contribution is -1.98. The highest BCUT2D eigenvalue weighted by Gasteiger charge is 2.08. The van der Waals surface area contributed by atoms with Gasteiger partial charge in [0, 0.05) is 6.08 Å². The van der Waals surface area contributed by atoms with E-state index in [-0.39, 0.29) is 12.2 Å². The summed E-state index contributed by atoms with van der Waals surface area (Å²) in [4.78, 5) is 10.9. The molecule has 0 radical (unpaired) electrons. The molecule has 1 aromatic carbocycles. The second-order valence-electron chi connectivity index (χ2n) is 2.92. The molecule has 3 nitrogen and oxygen atoms in total. The molecule has 0 bridgehead atoms. The van der Waals surface area contributed by atoms with Crippen molar-refractivity contribution in [1.82, 2.24) is 0 Å². The normalized spacial score (nSPS) is 10.7. The number of benzene rings is 1. The van der Waals surface area contributed by atoms with E-state index >= 15 is 0 Å². The number of esters is 1. The quantitative estimate of drug-likeness (QED) is 0.637. The molecule has 0 atom stereocenters. The first-order valence-electron chi connectivity index (χ1n) is 4.57. The summed E-state index contributed by atoms with van der Waals surface area (Å²) in [6.45, 7) is 1.87. The van der Waals surface area contributed by atoms with Gasteiger partial charge >= 0.3 is 5.97 Å². The van der Waals surface area contributed by atoms with E-state index in [9.17, 15) is 13.6 Å². The predicted molar refractivity (Wildman–Crippen MR) is 53.7 cm³/mol. The van der Waals surface area contributed by atoms with Crippen LogP contribution in [0.5, 0.6) is 5.75 Å². The van der Waals surface area contributed by atoms with Gasteiger partial charge in [0.1, 0.15) is 0 Å². The van der Waals surface area contributed by atoms with Gasteiger partial charge in [-0.15, -0.1) is 0 Å². The number of phenols is 1. The summed E-state index contributed by atoms with van der Waals surface area (Å²) in [6, 6.07) is 1.82. The standard InChI is InChI=1S/C11H10F2O3/c1-2-16-10(14)4-3-7-5-8(12)11(15)9(13)6-7/h3-6,15H,2H2,1H3. The summed E-state index contributed by atoms with van der Waals surface area (Å²) in [5, 5.41) is 8.83. The number of hydrogen-bond acceptors (Lipinski definition) is 3. The van der Waals surface area contributed by atoms with Crippen molar-refractivity contribution in [3.63, 3.8) is 0 Å². The summed E-state index contributed by atoms with van der Waals surface area (Å²) in [5.74, 6) is -3.79. The highest BCUT2D eigenvalue weighted by atomic mass is 19.1. The second-order valence-corrected chi connectivity index (χ2v) is 2.92. The molecule has 0 spiro atoms. The zero-order valence-electron chi connectivity index (χ0n) is 8.54. The lowest BCUT2D eigenvalue weighted by atomic mass is 10.2. The Morgan fingerprint density at radius 3 is 2.50 bits per heavy atom. The maximum atomic E-state index is 12.9. The Kier molecular flexibility index (Phi) is 3.99. The van der Waals surface area contributed by atoms with Crippen molar-refractivity contribution in [1.29, 1.82) is 0 Å². The van der Waals surface area contributed by atoms with Gasteiger partial charge in [-0.1, -0.05) is 0 Å². The minimum absolute atomic E-state index is 0.126. The average molecular weight is 228 g/mol. The number of rotatable bonds is 3. The van der Waals surface area contributed by atoms with E-state index in [4.69, 9.17) is 5.11 Å². The molecular weight excluding hydrogens is 218 g/mol. The van der Waals surface area contributed by atoms with Crippen molar-refractivity contribution in [3.05, 3.63) is 35.4 Å². The van der Waals surface area contributed by atoms with E-state index in [0.29, 0.717) is 0 Å². The molecule has 0 fully saturated rings. The van der Waals surface area contributed by atoms with Crippen LogP contribution in [0.3, 0.4) is 0 Å². The van der Waals surface area contributed by atoms with Crippen molar-refractivity contribution >= 4 is 12.0 Å². The minimum atomic E-state index is -1.08. The van der Waals surface area contributed by atoms with E-state index in [2.05, 4.69) is 4.74 Å². The Balaban J connectivity index is 2.86. The highest BCUT2D eigenvalue weighted by Crippen LogP contribution is 2.21. The maximum Gasteiger partial charge on any atom is 0.330 e. The lowest BCUT2D eigenvalue weighted by molar-refractivity contribution is -0.137. The molecule has 0 aliphatic rings. The minimum Gasteiger partial charge on any atom is -0.503 e. The molecule has 0 aromatic heterocycles. The molecule has 0 aliphatic carbocycles. The summed E-state index contributed by atoms with van der Waals surface area (Å²) in [6.07, 6.45) is 2.25. The highest BCUT2D eigenvalue weighted by molar-refractivity contribution is 5.87. The zero-order valence-corrected chi connectivity index (χ0v) is 8.54. The molecule has 0 aliphatic heterocycles. The maximum absolute atomic E-state index is 12.9. The Hall–Kier alpha value is -1.91. The summed E-state index contributed by atoms with van der Waals surface area (Å²) in [5.41, 5.74) is 0.126. The Morgan fingerprint density at radius 2 is 2.00 bits per heavy atom. The van der Waals surface area contributed by atoms with Crippen molar-refractivity contribution in [2.45, 2.75) is 6.92 Å². The van der Waals surface area contributed by atoms with Crippen molar-refractivity contribution in [2.24, 2.45) is 0 Å². The Morgan fingerprint density at radius 1 is 1.44 bits per heavy atom. The van der Waals surface area contributed by atoms with Crippen LogP contribution in [0.2, 0.25) is 0 Å². The summed E-state index contributed by atoms with van der Waals surface area (Å²) in [7, 11) is 0. The zero-order chi connectivity index (χ0) is 12.1. The molecule has 86 valence electrons. The number of aromatic hydroxyl groups is 1. The first-order valence-corrected chi connectivity index (χ1v) is 4.57. The Labute approximate surface area is 91.0 Å². The van der Waals surface area contributed by atoms with Gasteiger partial charge in [0.05, 0.1) is 6.61 Å². The fourth-order valence-corrected chi connectivity index (χ4v) is 1.04. The third-order valence-corrected chi connectivity index (χ3v) is 1.74. The number of phenolic OH excluding ortho intramolecular Hbond substituents is 1. The fraction of sp³-hybridized carbons (Fsp3) is 0.182. The molecule has 0 heterocycles. The van der Waals surface area contributed by atoms with Gasteiger partial charge in [0.2, 0.25) is 0 Å². The first-order chi connectivity index (χ1) is 7.54. The van der Waals surface area contributed by atoms with Crippen LogP contribution in [-0.4, -0.2) is 17.7 Å². The van der Waals surface area contributed by atoms with Crippen molar-refractivity contribution in [2.75, 3.05) is 6.61 Å². The molecular formula is C11H10F2O3. The molecule has 5 heteroatoms. The van der Waals surface area contributed by atoms with E-state index in [1.54, 1.807) is 6.92 Å². The number of hydrogen-bond donors (Lipinski definition) is 1. The van der Waals surface area contributed by atoms with Crippen molar-refractivity contribution < 1.29 is 23.4 Å². The topological polar surface area (TPSA) is 46.5 Å². The van der Waals surface area contributed by atoms with Gasteiger partial charge in [0.15, 0.2) is 17.4 Å². The van der Waals surface area contributed by atoms with Gasteiger partial charge in [-0.2, -0.15) is 0 Å².